The summed E-state index contributed by atoms with van der Waals surface area (Å²) in [5.41, 5.74) is 8.06. The Kier molecular flexibility index (Phi) is 2.88. The van der Waals surface area contributed by atoms with Crippen molar-refractivity contribution in [1.82, 2.24) is 9.97 Å². The van der Waals surface area contributed by atoms with Crippen molar-refractivity contribution in [1.29, 1.82) is 0 Å². The van der Waals surface area contributed by atoms with Gasteiger partial charge in [-0.1, -0.05) is 0 Å². The fourth-order valence-corrected chi connectivity index (χ4v) is 2.29. The maximum atomic E-state index is 5.63. The minimum absolute atomic E-state index is 0.126. The molecule has 0 spiro atoms. The third-order valence-electron chi connectivity index (χ3n) is 2.03. The second kappa shape index (κ2) is 4.14. The van der Waals surface area contributed by atoms with Crippen molar-refractivity contribution >= 4 is 17.7 Å². The summed E-state index contributed by atoms with van der Waals surface area (Å²) < 4.78 is 0. The lowest BCUT2D eigenvalue weighted by Crippen LogP contribution is -2.26. The molecule has 76 valence electrons. The quantitative estimate of drug-likeness (QED) is 0.778. The summed E-state index contributed by atoms with van der Waals surface area (Å²) in [6.07, 6.45) is 1.91. The monoisotopic (exact) mass is 210 g/mol. The van der Waals surface area contributed by atoms with Gasteiger partial charge in [0.2, 0.25) is 5.95 Å². The van der Waals surface area contributed by atoms with E-state index in [1.54, 1.807) is 0 Å². The number of aromatic nitrogens is 2. The molecule has 3 N–H and O–H groups in total. The molecule has 0 fully saturated rings. The summed E-state index contributed by atoms with van der Waals surface area (Å²) >= 11 is 1.88. The molecule has 0 aromatic carbocycles. The van der Waals surface area contributed by atoms with Crippen LogP contribution in [0.5, 0.6) is 0 Å². The van der Waals surface area contributed by atoms with Gasteiger partial charge in [-0.25, -0.2) is 9.97 Å². The molecule has 1 atom stereocenters. The molecule has 1 aliphatic rings. The molecular formula is C9H14N4S. The highest BCUT2D eigenvalue weighted by Gasteiger charge is 2.13. The number of thioether (sulfide) groups is 1. The Hall–Kier alpha value is -0.810. The van der Waals surface area contributed by atoms with Crippen molar-refractivity contribution < 1.29 is 0 Å². The van der Waals surface area contributed by atoms with Crippen LogP contribution in [0.1, 0.15) is 18.2 Å². The van der Waals surface area contributed by atoms with E-state index in [1.165, 1.54) is 5.56 Å². The minimum atomic E-state index is 0.126. The van der Waals surface area contributed by atoms with Crippen LogP contribution < -0.4 is 11.1 Å². The molecule has 2 heterocycles. The number of fused-ring (bicyclic) bond motifs is 1. The van der Waals surface area contributed by atoms with Crippen molar-refractivity contribution in [3.05, 3.63) is 17.5 Å². The van der Waals surface area contributed by atoms with Crippen LogP contribution in [0.2, 0.25) is 0 Å². The van der Waals surface area contributed by atoms with Crippen LogP contribution >= 0.6 is 11.8 Å². The number of hydrogen-bond donors (Lipinski definition) is 2. The van der Waals surface area contributed by atoms with Gasteiger partial charge >= 0.3 is 0 Å². The molecule has 0 aliphatic carbocycles. The Bertz CT molecular complexity index is 327. The Balaban J connectivity index is 2.05. The van der Waals surface area contributed by atoms with Gasteiger partial charge in [0.15, 0.2) is 0 Å². The predicted octanol–water partition coefficient (Wildman–Crippen LogP) is 0.982. The molecule has 0 saturated heterocycles. The molecule has 1 aromatic rings. The Morgan fingerprint density at radius 2 is 2.50 bits per heavy atom. The first-order chi connectivity index (χ1) is 6.75. The van der Waals surface area contributed by atoms with Crippen LogP contribution in [0.4, 0.5) is 5.95 Å². The number of nitrogens with one attached hydrogen (secondary N) is 1. The van der Waals surface area contributed by atoms with Crippen LogP contribution in [0.3, 0.4) is 0 Å². The zero-order valence-electron chi connectivity index (χ0n) is 8.16. The lowest BCUT2D eigenvalue weighted by Gasteiger charge is -2.07. The fraction of sp³-hybridized carbons (Fsp3) is 0.556. The van der Waals surface area contributed by atoms with E-state index in [0.29, 0.717) is 12.5 Å². The zero-order chi connectivity index (χ0) is 9.97. The van der Waals surface area contributed by atoms with Gasteiger partial charge in [0, 0.05) is 35.9 Å². The summed E-state index contributed by atoms with van der Waals surface area (Å²) in [4.78, 5) is 8.66. The smallest absolute Gasteiger partial charge is 0.222 e. The molecule has 1 aromatic heterocycles. The molecule has 4 nitrogen and oxygen atoms in total. The highest BCUT2D eigenvalue weighted by atomic mass is 32.2. The van der Waals surface area contributed by atoms with Gasteiger partial charge in [-0.3, -0.25) is 0 Å². The van der Waals surface area contributed by atoms with Crippen LogP contribution in [-0.2, 0) is 11.5 Å². The summed E-state index contributed by atoms with van der Waals surface area (Å²) in [6, 6.07) is 0.126. The van der Waals surface area contributed by atoms with Crippen molar-refractivity contribution in [2.24, 2.45) is 5.73 Å². The number of rotatable bonds is 3. The van der Waals surface area contributed by atoms with E-state index < -0.39 is 0 Å². The summed E-state index contributed by atoms with van der Waals surface area (Å²) in [5.74, 6) is 2.75. The predicted molar refractivity (Wildman–Crippen MR) is 59.2 cm³/mol. The van der Waals surface area contributed by atoms with E-state index in [-0.39, 0.29) is 6.04 Å². The standard InChI is InChI=1S/C9H14N4S/c1-6(10)2-11-9-12-3-7-4-14-5-8(7)13-9/h3,6H,2,4-5,10H2,1H3,(H,11,12,13). The van der Waals surface area contributed by atoms with Crippen LogP contribution in [0.15, 0.2) is 6.20 Å². The van der Waals surface area contributed by atoms with Crippen LogP contribution in [-0.4, -0.2) is 22.6 Å². The number of nitrogens with zero attached hydrogens (tertiary/aromatic N) is 2. The summed E-state index contributed by atoms with van der Waals surface area (Å²) in [5, 5.41) is 3.12. The van der Waals surface area contributed by atoms with Gasteiger partial charge in [-0.2, -0.15) is 11.8 Å². The number of nitrogens with two attached hydrogens (primary N) is 1. The lowest BCUT2D eigenvalue weighted by molar-refractivity contribution is 0.772. The van der Waals surface area contributed by atoms with Crippen molar-refractivity contribution in [3.8, 4) is 0 Å². The average molecular weight is 210 g/mol. The number of hydrogen-bond acceptors (Lipinski definition) is 5. The second-order valence-electron chi connectivity index (χ2n) is 3.52. The molecule has 1 aliphatic heterocycles. The van der Waals surface area contributed by atoms with E-state index in [1.807, 2.05) is 24.9 Å². The third-order valence-corrected chi connectivity index (χ3v) is 3.03. The van der Waals surface area contributed by atoms with Crippen molar-refractivity contribution in [2.75, 3.05) is 11.9 Å². The van der Waals surface area contributed by atoms with Gasteiger partial charge < -0.3 is 11.1 Å². The Morgan fingerprint density at radius 3 is 3.29 bits per heavy atom. The van der Waals surface area contributed by atoms with E-state index in [0.717, 1.165) is 17.2 Å². The summed E-state index contributed by atoms with van der Waals surface area (Å²) in [7, 11) is 0. The normalized spacial score (nSPS) is 16.4. The third kappa shape index (κ3) is 2.16. The van der Waals surface area contributed by atoms with E-state index in [2.05, 4.69) is 15.3 Å². The fourth-order valence-electron chi connectivity index (χ4n) is 1.28. The average Bonchev–Trinajstić information content (AvgIpc) is 2.61. The van der Waals surface area contributed by atoms with E-state index in [9.17, 15) is 0 Å². The molecule has 0 radical (unpaired) electrons. The molecule has 0 bridgehead atoms. The number of anilines is 1. The molecule has 2 rings (SSSR count). The van der Waals surface area contributed by atoms with Crippen LogP contribution in [0.25, 0.3) is 0 Å². The maximum absolute atomic E-state index is 5.63. The molecular weight excluding hydrogens is 196 g/mol. The van der Waals surface area contributed by atoms with Gasteiger partial charge in [0.25, 0.3) is 0 Å². The highest BCUT2D eigenvalue weighted by molar-refractivity contribution is 7.98. The molecule has 1 unspecified atom stereocenters. The first-order valence-electron chi connectivity index (χ1n) is 4.67. The van der Waals surface area contributed by atoms with E-state index in [4.69, 9.17) is 5.73 Å². The lowest BCUT2D eigenvalue weighted by atomic mass is 10.3. The Labute approximate surface area is 87.7 Å². The SMILES string of the molecule is CC(N)CNc1ncc2c(n1)CSC2. The molecule has 0 saturated carbocycles. The topological polar surface area (TPSA) is 63.8 Å². The highest BCUT2D eigenvalue weighted by Crippen LogP contribution is 2.27. The second-order valence-corrected chi connectivity index (χ2v) is 4.50. The first-order valence-corrected chi connectivity index (χ1v) is 5.83. The Morgan fingerprint density at radius 1 is 1.64 bits per heavy atom. The summed E-state index contributed by atoms with van der Waals surface area (Å²) in [6.45, 7) is 2.67. The van der Waals surface area contributed by atoms with Gasteiger partial charge in [0.1, 0.15) is 0 Å². The largest absolute Gasteiger partial charge is 0.353 e. The molecule has 14 heavy (non-hydrogen) atoms. The van der Waals surface area contributed by atoms with Crippen molar-refractivity contribution in [2.45, 2.75) is 24.5 Å². The molecule has 5 heteroatoms. The van der Waals surface area contributed by atoms with Crippen LogP contribution in [0, 0.1) is 0 Å². The maximum Gasteiger partial charge on any atom is 0.222 e. The van der Waals surface area contributed by atoms with E-state index >= 15 is 0 Å². The van der Waals surface area contributed by atoms with Gasteiger partial charge in [-0.15, -0.1) is 0 Å². The first kappa shape index (κ1) is 9.73. The zero-order valence-corrected chi connectivity index (χ0v) is 8.97. The van der Waals surface area contributed by atoms with Gasteiger partial charge in [0.05, 0.1) is 5.69 Å². The van der Waals surface area contributed by atoms with Gasteiger partial charge in [-0.05, 0) is 6.92 Å². The van der Waals surface area contributed by atoms with Crippen molar-refractivity contribution in [3.63, 3.8) is 0 Å². The minimum Gasteiger partial charge on any atom is -0.353 e. The molecule has 0 amide bonds.